The molecule has 31 heavy (non-hydrogen) atoms. The third-order valence-electron chi connectivity index (χ3n) is 7.42. The van der Waals surface area contributed by atoms with Crippen molar-refractivity contribution in [1.29, 1.82) is 0 Å². The van der Waals surface area contributed by atoms with E-state index >= 15 is 0 Å². The molecule has 0 radical (unpaired) electrons. The molecule has 0 aromatic heterocycles. The number of hydrogen-bond acceptors (Lipinski definition) is 2. The number of likely N-dealkylation sites (tertiary alicyclic amines) is 1. The first kappa shape index (κ1) is 33.0. The largest absolute Gasteiger partial charge is 0.412 e. The van der Waals surface area contributed by atoms with Crippen molar-refractivity contribution >= 4 is 11.6 Å². The molecule has 2 unspecified atom stereocenters. The van der Waals surface area contributed by atoms with Gasteiger partial charge in [0, 0.05) is 24.5 Å². The Morgan fingerprint density at radius 3 is 2.35 bits per heavy atom. The van der Waals surface area contributed by atoms with Crippen LogP contribution in [0.15, 0.2) is 11.6 Å². The van der Waals surface area contributed by atoms with Crippen LogP contribution < -0.4 is 5.32 Å². The molecular formula is C25H53ClN2O3. The van der Waals surface area contributed by atoms with E-state index in [0.717, 1.165) is 18.3 Å². The minimum atomic E-state index is 0. The first-order chi connectivity index (χ1) is 13.0. The normalized spacial score (nSPS) is 27.0. The highest BCUT2D eigenvalue weighted by molar-refractivity contribution is 6.20. The van der Waals surface area contributed by atoms with Gasteiger partial charge in [-0.15, -0.1) is 11.6 Å². The number of hydrogen-bond donors (Lipinski definition) is 1. The van der Waals surface area contributed by atoms with Crippen LogP contribution in [0.1, 0.15) is 92.4 Å². The second-order valence-electron chi connectivity index (χ2n) is 10.3. The second kappa shape index (κ2) is 15.6. The molecule has 1 heterocycles. The van der Waals surface area contributed by atoms with Crippen molar-refractivity contribution in [2.45, 2.75) is 104 Å². The lowest BCUT2D eigenvalue weighted by atomic mass is 9.68. The highest BCUT2D eigenvalue weighted by Gasteiger charge is 2.38. The average Bonchev–Trinajstić information content (AvgIpc) is 3.14. The quantitative estimate of drug-likeness (QED) is 0.429. The van der Waals surface area contributed by atoms with Gasteiger partial charge in [0.25, 0.3) is 0 Å². The fourth-order valence-corrected chi connectivity index (χ4v) is 6.11. The summed E-state index contributed by atoms with van der Waals surface area (Å²) in [5.74, 6) is 1.70. The number of rotatable bonds is 8. The fourth-order valence-electron chi connectivity index (χ4n) is 5.92. The van der Waals surface area contributed by atoms with E-state index in [0.29, 0.717) is 16.8 Å². The first-order valence-corrected chi connectivity index (χ1v) is 12.2. The lowest BCUT2D eigenvalue weighted by molar-refractivity contribution is 0.0628. The Labute approximate surface area is 197 Å². The minimum Gasteiger partial charge on any atom is -0.412 e. The smallest absolute Gasteiger partial charge is 0.0373 e. The highest BCUT2D eigenvalue weighted by Crippen LogP contribution is 2.43. The molecule has 0 aromatic carbocycles. The van der Waals surface area contributed by atoms with E-state index < -0.39 is 0 Å². The second-order valence-corrected chi connectivity index (χ2v) is 10.9. The third kappa shape index (κ3) is 9.69. The predicted octanol–water partition coefficient (Wildman–Crippen LogP) is 4.16. The van der Waals surface area contributed by atoms with Crippen LogP contribution in [0.3, 0.4) is 0 Å². The maximum absolute atomic E-state index is 6.32. The zero-order valence-corrected chi connectivity index (χ0v) is 20.4. The minimum absolute atomic E-state index is 0. The maximum atomic E-state index is 6.32. The molecule has 5 nitrogen and oxygen atoms in total. The Bertz CT molecular complexity index is 495. The summed E-state index contributed by atoms with van der Waals surface area (Å²) >= 11 is 6.32. The van der Waals surface area contributed by atoms with Crippen LogP contribution in [0.2, 0.25) is 0 Å². The van der Waals surface area contributed by atoms with Gasteiger partial charge in [-0.2, -0.15) is 0 Å². The van der Waals surface area contributed by atoms with E-state index in [2.05, 4.69) is 37.1 Å². The molecule has 3 aliphatic rings. The topological polar surface area (TPSA) is 110 Å². The van der Waals surface area contributed by atoms with E-state index in [9.17, 15) is 0 Å². The summed E-state index contributed by atoms with van der Waals surface area (Å²) in [5, 5.41) is 4.32. The van der Waals surface area contributed by atoms with Crippen LogP contribution >= 0.6 is 11.6 Å². The van der Waals surface area contributed by atoms with Crippen molar-refractivity contribution in [3.05, 3.63) is 11.6 Å². The predicted molar refractivity (Wildman–Crippen MR) is 136 cm³/mol. The van der Waals surface area contributed by atoms with Crippen LogP contribution in [0.25, 0.3) is 0 Å². The summed E-state index contributed by atoms with van der Waals surface area (Å²) in [5.41, 5.74) is 2.09. The van der Waals surface area contributed by atoms with Gasteiger partial charge in [0.15, 0.2) is 0 Å². The summed E-state index contributed by atoms with van der Waals surface area (Å²) < 4.78 is 0. The number of alkyl halides is 1. The Kier molecular flexibility index (Phi) is 16.6. The standard InChI is InChI=1S/C24H43ClN2.CH4.3H2O/c1-4-7-22(26-16-19-8-5-6-9-19)17-27-15-14-23(24(2,3)18-27)20-10-12-21(25)13-11-20;;;;/h10,19,21-23,26H,4-9,11-18H2,1-3H3;1H4;3*1H2/t21?,22-,23?;;;;/m1..../s1. The number of halogens is 1. The van der Waals surface area contributed by atoms with Gasteiger partial charge in [-0.05, 0) is 75.3 Å². The van der Waals surface area contributed by atoms with Crippen LogP contribution in [-0.2, 0) is 0 Å². The summed E-state index contributed by atoms with van der Waals surface area (Å²) in [6.07, 6.45) is 15.7. The molecule has 2 aliphatic carbocycles. The highest BCUT2D eigenvalue weighted by atomic mass is 35.5. The number of nitrogens with one attached hydrogen (secondary N) is 1. The Morgan fingerprint density at radius 2 is 1.81 bits per heavy atom. The molecule has 0 aromatic rings. The molecule has 0 spiro atoms. The average molecular weight is 465 g/mol. The molecule has 1 saturated carbocycles. The molecule has 1 saturated heterocycles. The van der Waals surface area contributed by atoms with E-state index in [1.54, 1.807) is 5.57 Å². The van der Waals surface area contributed by atoms with Gasteiger partial charge < -0.3 is 26.6 Å². The zero-order chi connectivity index (χ0) is 19.3. The van der Waals surface area contributed by atoms with Crippen molar-refractivity contribution in [3.63, 3.8) is 0 Å². The van der Waals surface area contributed by atoms with Crippen LogP contribution in [0, 0.1) is 17.3 Å². The lowest BCUT2D eigenvalue weighted by Gasteiger charge is -2.47. The molecule has 188 valence electrons. The molecule has 1 aliphatic heterocycles. The van der Waals surface area contributed by atoms with Crippen molar-refractivity contribution in [1.82, 2.24) is 10.2 Å². The first-order valence-electron chi connectivity index (χ1n) is 11.8. The molecule has 0 amide bonds. The van der Waals surface area contributed by atoms with Gasteiger partial charge in [0.05, 0.1) is 0 Å². The lowest BCUT2D eigenvalue weighted by Crippen LogP contribution is -2.51. The van der Waals surface area contributed by atoms with E-state index in [4.69, 9.17) is 11.6 Å². The summed E-state index contributed by atoms with van der Waals surface area (Å²) in [6.45, 7) is 12.3. The molecule has 0 bridgehead atoms. The van der Waals surface area contributed by atoms with Crippen molar-refractivity contribution in [2.24, 2.45) is 17.3 Å². The van der Waals surface area contributed by atoms with E-state index in [-0.39, 0.29) is 23.9 Å². The van der Waals surface area contributed by atoms with E-state index in [1.807, 2.05) is 0 Å². The monoisotopic (exact) mass is 464 g/mol. The van der Waals surface area contributed by atoms with Gasteiger partial charge in [-0.25, -0.2) is 0 Å². The summed E-state index contributed by atoms with van der Waals surface area (Å²) in [6, 6.07) is 0.675. The Hall–Kier alpha value is -0.170. The van der Waals surface area contributed by atoms with Crippen LogP contribution in [-0.4, -0.2) is 58.9 Å². The van der Waals surface area contributed by atoms with Crippen molar-refractivity contribution in [3.8, 4) is 0 Å². The zero-order valence-electron chi connectivity index (χ0n) is 19.6. The van der Waals surface area contributed by atoms with Crippen LogP contribution in [0.4, 0.5) is 0 Å². The van der Waals surface area contributed by atoms with Gasteiger partial charge in [-0.3, -0.25) is 0 Å². The Morgan fingerprint density at radius 1 is 1.13 bits per heavy atom. The number of allylic oxidation sites excluding steroid dienone is 2. The number of piperidine rings is 1. The molecular weight excluding hydrogens is 412 g/mol. The molecule has 3 rings (SSSR count). The van der Waals surface area contributed by atoms with Gasteiger partial charge in [0.2, 0.25) is 0 Å². The van der Waals surface area contributed by atoms with Gasteiger partial charge >= 0.3 is 0 Å². The maximum Gasteiger partial charge on any atom is 0.0373 e. The fraction of sp³-hybridized carbons (Fsp3) is 0.920. The van der Waals surface area contributed by atoms with Crippen molar-refractivity contribution in [2.75, 3.05) is 26.2 Å². The Balaban J connectivity index is 0. The van der Waals surface area contributed by atoms with Crippen molar-refractivity contribution < 1.29 is 16.4 Å². The molecule has 6 heteroatoms. The number of nitrogens with zero attached hydrogens (tertiary/aromatic N) is 1. The van der Waals surface area contributed by atoms with Gasteiger partial charge in [-0.1, -0.05) is 59.1 Å². The van der Waals surface area contributed by atoms with Gasteiger partial charge in [0.1, 0.15) is 0 Å². The van der Waals surface area contributed by atoms with Crippen LogP contribution in [0.5, 0.6) is 0 Å². The SMILES string of the molecule is C.CCC[C@H](CN1CCC(C2=CCC(Cl)CC2)C(C)(C)C1)NCC1CCCC1.O.O.O. The summed E-state index contributed by atoms with van der Waals surface area (Å²) in [7, 11) is 0. The molecule has 3 atom stereocenters. The molecule has 7 N–H and O–H groups in total. The summed E-state index contributed by atoms with van der Waals surface area (Å²) in [4.78, 5) is 2.76. The third-order valence-corrected chi connectivity index (χ3v) is 7.82. The molecule has 2 fully saturated rings. The van der Waals surface area contributed by atoms with E-state index in [1.165, 1.54) is 84.0 Å².